The molecule has 2 aliphatic rings. The summed E-state index contributed by atoms with van der Waals surface area (Å²) in [6.45, 7) is 1.70. The molecule has 2 aliphatic heterocycles. The monoisotopic (exact) mass is 544 g/mol. The Bertz CT molecular complexity index is 1780. The van der Waals surface area contributed by atoms with E-state index in [1.54, 1.807) is 43.0 Å². The molecule has 1 aromatic heterocycles. The first-order chi connectivity index (χ1) is 20.0. The summed E-state index contributed by atoms with van der Waals surface area (Å²) in [4.78, 5) is 28.2. The molecule has 0 aliphatic carbocycles. The van der Waals surface area contributed by atoms with Crippen molar-refractivity contribution in [3.8, 4) is 40.3 Å². The van der Waals surface area contributed by atoms with Crippen LogP contribution >= 0.6 is 0 Å². The topological polar surface area (TPSA) is 107 Å². The van der Waals surface area contributed by atoms with Gasteiger partial charge in [-0.2, -0.15) is 10.4 Å². The van der Waals surface area contributed by atoms with Crippen LogP contribution in [0.15, 0.2) is 95.7 Å². The number of benzene rings is 3. The predicted molar refractivity (Wildman–Crippen MR) is 150 cm³/mol. The Morgan fingerprint density at radius 1 is 1.00 bits per heavy atom. The fraction of sp³-hybridized carbons (Fsp3) is 0.125. The highest BCUT2D eigenvalue weighted by molar-refractivity contribution is 6.19. The van der Waals surface area contributed by atoms with Crippen LogP contribution in [0.2, 0.25) is 0 Å². The highest BCUT2D eigenvalue weighted by atomic mass is 16.7. The molecule has 0 saturated heterocycles. The minimum Gasteiger partial charge on any atom is -0.497 e. The summed E-state index contributed by atoms with van der Waals surface area (Å²) < 4.78 is 17.9. The molecule has 0 spiro atoms. The normalized spacial score (nSPS) is 15.4. The van der Waals surface area contributed by atoms with Crippen LogP contribution < -0.4 is 14.2 Å². The van der Waals surface area contributed by atoms with Gasteiger partial charge in [0, 0.05) is 22.9 Å². The van der Waals surface area contributed by atoms with Gasteiger partial charge in [-0.3, -0.25) is 14.5 Å². The molecule has 0 bridgehead atoms. The maximum absolute atomic E-state index is 13.9. The van der Waals surface area contributed by atoms with Crippen LogP contribution in [0.3, 0.4) is 0 Å². The summed E-state index contributed by atoms with van der Waals surface area (Å²) in [6.07, 6.45) is 3.52. The number of carbonyl (C=O) groups is 2. The maximum Gasteiger partial charge on any atom is 0.271 e. The van der Waals surface area contributed by atoms with Crippen LogP contribution in [-0.2, 0) is 16.1 Å². The molecule has 0 saturated carbocycles. The number of hydrogen-bond donors (Lipinski definition) is 0. The van der Waals surface area contributed by atoms with Crippen molar-refractivity contribution >= 4 is 17.9 Å². The van der Waals surface area contributed by atoms with Crippen LogP contribution in [0, 0.1) is 11.3 Å². The second-order valence-electron chi connectivity index (χ2n) is 9.50. The number of hydrogen-bond acceptors (Lipinski definition) is 7. The molecule has 6 rings (SSSR count). The van der Waals surface area contributed by atoms with Crippen LogP contribution in [0.1, 0.15) is 18.1 Å². The molecule has 3 aromatic carbocycles. The molecule has 9 nitrogen and oxygen atoms in total. The van der Waals surface area contributed by atoms with E-state index in [-0.39, 0.29) is 24.5 Å². The van der Waals surface area contributed by atoms with Gasteiger partial charge in [-0.1, -0.05) is 24.3 Å². The van der Waals surface area contributed by atoms with Crippen molar-refractivity contribution in [1.82, 2.24) is 14.7 Å². The van der Waals surface area contributed by atoms with Crippen LogP contribution in [0.25, 0.3) is 23.0 Å². The Kier molecular flexibility index (Phi) is 6.57. The molecule has 4 aromatic rings. The molecule has 0 unspecified atom stereocenters. The number of ether oxygens (including phenoxy) is 3. The van der Waals surface area contributed by atoms with E-state index < -0.39 is 11.8 Å². The molecule has 0 N–H and O–H groups in total. The molecule has 9 heteroatoms. The number of aromatic nitrogens is 2. The molecular weight excluding hydrogens is 520 g/mol. The first kappa shape index (κ1) is 25.6. The molecular formula is C32H24N4O5. The fourth-order valence-electron chi connectivity index (χ4n) is 4.83. The van der Waals surface area contributed by atoms with E-state index in [1.807, 2.05) is 66.9 Å². The van der Waals surface area contributed by atoms with Gasteiger partial charge in [0.25, 0.3) is 11.8 Å². The zero-order valence-corrected chi connectivity index (χ0v) is 22.3. The molecule has 2 amide bonds. The number of methoxy groups -OCH3 is 1. The Morgan fingerprint density at radius 2 is 1.76 bits per heavy atom. The Morgan fingerprint density at radius 3 is 2.49 bits per heavy atom. The summed E-state index contributed by atoms with van der Waals surface area (Å²) in [5.74, 6) is 0.701. The van der Waals surface area contributed by atoms with Gasteiger partial charge in [-0.15, -0.1) is 0 Å². The van der Waals surface area contributed by atoms with Crippen molar-refractivity contribution in [1.29, 1.82) is 5.26 Å². The number of carbonyl (C=O) groups excluding carboxylic acids is 2. The zero-order chi connectivity index (χ0) is 28.5. The summed E-state index contributed by atoms with van der Waals surface area (Å²) in [7, 11) is 1.60. The number of rotatable bonds is 6. The standard InChI is InChI=1S/C32H24N4O5/c1-20-26(31(37)35(32(38)27(20)16-33)17-21-8-13-28-29(14-21)41-19-40-28)15-23-18-36(24-6-4-3-5-7-24)34-30(23)22-9-11-25(39-2)12-10-22/h3-15,18H,17,19H2,1-2H3/b26-15+. The van der Waals surface area contributed by atoms with Crippen molar-refractivity contribution < 1.29 is 23.8 Å². The lowest BCUT2D eigenvalue weighted by Crippen LogP contribution is -2.42. The van der Waals surface area contributed by atoms with E-state index in [0.29, 0.717) is 39.6 Å². The number of nitriles is 1. The molecule has 202 valence electrons. The Labute approximate surface area is 236 Å². The minimum atomic E-state index is -0.639. The number of fused-ring (bicyclic) bond motifs is 1. The average Bonchev–Trinajstić information content (AvgIpc) is 3.65. The highest BCUT2D eigenvalue weighted by Crippen LogP contribution is 2.35. The van der Waals surface area contributed by atoms with Crippen LogP contribution in [-0.4, -0.2) is 40.4 Å². The Balaban J connectivity index is 1.44. The number of para-hydroxylation sites is 1. The third-order valence-electron chi connectivity index (χ3n) is 7.03. The lowest BCUT2D eigenvalue weighted by Gasteiger charge is -2.27. The molecule has 0 radical (unpaired) electrons. The quantitative estimate of drug-likeness (QED) is 0.246. The first-order valence-electron chi connectivity index (χ1n) is 12.8. The predicted octanol–water partition coefficient (Wildman–Crippen LogP) is 5.07. The van der Waals surface area contributed by atoms with Crippen LogP contribution in [0.4, 0.5) is 0 Å². The lowest BCUT2D eigenvalue weighted by molar-refractivity contribution is -0.141. The largest absolute Gasteiger partial charge is 0.497 e. The molecule has 3 heterocycles. The lowest BCUT2D eigenvalue weighted by atomic mass is 9.93. The minimum absolute atomic E-state index is 0.0290. The zero-order valence-electron chi connectivity index (χ0n) is 22.3. The smallest absolute Gasteiger partial charge is 0.271 e. The molecule has 0 atom stereocenters. The van der Waals surface area contributed by atoms with E-state index in [2.05, 4.69) is 0 Å². The molecule has 0 fully saturated rings. The summed E-state index contributed by atoms with van der Waals surface area (Å²) >= 11 is 0. The summed E-state index contributed by atoms with van der Waals surface area (Å²) in [5, 5.41) is 14.7. The number of imide groups is 1. The van der Waals surface area contributed by atoms with E-state index in [9.17, 15) is 14.9 Å². The van der Waals surface area contributed by atoms with Gasteiger partial charge in [0.1, 0.15) is 17.4 Å². The van der Waals surface area contributed by atoms with Gasteiger partial charge >= 0.3 is 0 Å². The van der Waals surface area contributed by atoms with Crippen molar-refractivity contribution in [3.63, 3.8) is 0 Å². The summed E-state index contributed by atoms with van der Waals surface area (Å²) in [6, 6.07) is 24.3. The average molecular weight is 545 g/mol. The van der Waals surface area contributed by atoms with Gasteiger partial charge in [-0.05, 0) is 72.7 Å². The van der Waals surface area contributed by atoms with Crippen molar-refractivity contribution in [2.24, 2.45) is 0 Å². The van der Waals surface area contributed by atoms with Gasteiger partial charge < -0.3 is 14.2 Å². The van der Waals surface area contributed by atoms with E-state index in [0.717, 1.165) is 16.2 Å². The van der Waals surface area contributed by atoms with Gasteiger partial charge in [0.15, 0.2) is 11.5 Å². The third-order valence-corrected chi connectivity index (χ3v) is 7.03. The van der Waals surface area contributed by atoms with E-state index >= 15 is 0 Å². The number of amides is 2. The van der Waals surface area contributed by atoms with Crippen molar-refractivity contribution in [2.45, 2.75) is 13.5 Å². The maximum atomic E-state index is 13.9. The number of nitrogens with zero attached hydrogens (tertiary/aromatic N) is 4. The molecule has 41 heavy (non-hydrogen) atoms. The second-order valence-corrected chi connectivity index (χ2v) is 9.50. The Hall–Kier alpha value is -5.62. The highest BCUT2D eigenvalue weighted by Gasteiger charge is 2.36. The van der Waals surface area contributed by atoms with E-state index in [4.69, 9.17) is 19.3 Å². The first-order valence-corrected chi connectivity index (χ1v) is 12.8. The summed E-state index contributed by atoms with van der Waals surface area (Å²) in [5.41, 5.74) is 4.07. The third kappa shape index (κ3) is 4.72. The van der Waals surface area contributed by atoms with Crippen molar-refractivity contribution in [3.05, 3.63) is 107 Å². The second kappa shape index (κ2) is 10.5. The van der Waals surface area contributed by atoms with Gasteiger partial charge in [0.05, 0.1) is 25.0 Å². The van der Waals surface area contributed by atoms with E-state index in [1.165, 1.54) is 0 Å². The van der Waals surface area contributed by atoms with Crippen LogP contribution in [0.5, 0.6) is 17.2 Å². The van der Waals surface area contributed by atoms with Gasteiger partial charge in [0.2, 0.25) is 6.79 Å². The fourth-order valence-corrected chi connectivity index (χ4v) is 4.83. The van der Waals surface area contributed by atoms with Gasteiger partial charge in [-0.25, -0.2) is 4.68 Å². The SMILES string of the molecule is COc1ccc(-c2nn(-c3ccccc3)cc2/C=C2/C(=O)N(Cc3ccc4c(c3)OCO4)C(=O)C(C#N)=C2C)cc1. The van der Waals surface area contributed by atoms with Crippen molar-refractivity contribution in [2.75, 3.05) is 13.9 Å².